The summed E-state index contributed by atoms with van der Waals surface area (Å²) in [5, 5.41) is 0. The van der Waals surface area contributed by atoms with Gasteiger partial charge in [0.2, 0.25) is 0 Å². The van der Waals surface area contributed by atoms with E-state index >= 15 is 0 Å². The Morgan fingerprint density at radius 3 is 2.37 bits per heavy atom. The molecule has 0 fully saturated rings. The molecule has 1 heterocycles. The SMILES string of the molecule is COc1ccccc1CN(C)C(=O)c1ccc(-c2ccc(C(C)=O)cc2)o1. The van der Waals surface area contributed by atoms with Crippen molar-refractivity contribution < 1.29 is 18.7 Å². The summed E-state index contributed by atoms with van der Waals surface area (Å²) in [4.78, 5) is 25.6. The highest BCUT2D eigenvalue weighted by molar-refractivity contribution is 5.94. The summed E-state index contributed by atoms with van der Waals surface area (Å²) >= 11 is 0. The van der Waals surface area contributed by atoms with Gasteiger partial charge in [0.1, 0.15) is 11.5 Å². The van der Waals surface area contributed by atoms with Crippen LogP contribution < -0.4 is 4.74 Å². The van der Waals surface area contributed by atoms with E-state index in [0.717, 1.165) is 16.9 Å². The summed E-state index contributed by atoms with van der Waals surface area (Å²) in [6.07, 6.45) is 0. The van der Waals surface area contributed by atoms with Crippen molar-refractivity contribution in [2.24, 2.45) is 0 Å². The van der Waals surface area contributed by atoms with Crippen LogP contribution in [0.15, 0.2) is 65.1 Å². The van der Waals surface area contributed by atoms with Gasteiger partial charge >= 0.3 is 0 Å². The Morgan fingerprint density at radius 1 is 1.00 bits per heavy atom. The maximum absolute atomic E-state index is 12.7. The molecule has 0 spiro atoms. The van der Waals surface area contributed by atoms with Gasteiger partial charge in [-0.3, -0.25) is 9.59 Å². The van der Waals surface area contributed by atoms with Crippen LogP contribution in [0.4, 0.5) is 0 Å². The van der Waals surface area contributed by atoms with Crippen molar-refractivity contribution in [1.82, 2.24) is 4.90 Å². The number of hydrogen-bond acceptors (Lipinski definition) is 4. The molecule has 0 aliphatic rings. The number of carbonyl (C=O) groups is 2. The first kappa shape index (κ1) is 18.5. The van der Waals surface area contributed by atoms with Crippen LogP contribution in [0, 0.1) is 0 Å². The number of ketones is 1. The van der Waals surface area contributed by atoms with Crippen LogP contribution >= 0.6 is 0 Å². The van der Waals surface area contributed by atoms with Crippen molar-refractivity contribution in [2.45, 2.75) is 13.5 Å². The molecule has 5 heteroatoms. The van der Waals surface area contributed by atoms with Crippen molar-refractivity contribution >= 4 is 11.7 Å². The highest BCUT2D eigenvalue weighted by atomic mass is 16.5. The van der Waals surface area contributed by atoms with E-state index in [0.29, 0.717) is 17.9 Å². The molecule has 3 rings (SSSR count). The zero-order valence-electron chi connectivity index (χ0n) is 15.6. The van der Waals surface area contributed by atoms with Crippen molar-refractivity contribution in [2.75, 3.05) is 14.2 Å². The van der Waals surface area contributed by atoms with E-state index in [4.69, 9.17) is 9.15 Å². The number of furan rings is 1. The number of ether oxygens (including phenoxy) is 1. The number of methoxy groups -OCH3 is 1. The van der Waals surface area contributed by atoms with Crippen molar-refractivity contribution in [3.05, 3.63) is 77.6 Å². The lowest BCUT2D eigenvalue weighted by Crippen LogP contribution is -2.26. The molecule has 0 aliphatic heterocycles. The van der Waals surface area contributed by atoms with E-state index in [1.54, 1.807) is 43.3 Å². The Morgan fingerprint density at radius 2 is 1.70 bits per heavy atom. The van der Waals surface area contributed by atoms with Gasteiger partial charge in [0, 0.05) is 30.3 Å². The Bertz CT molecular complexity index is 956. The number of rotatable bonds is 6. The molecule has 0 saturated carbocycles. The van der Waals surface area contributed by atoms with Crippen LogP contribution in [0.3, 0.4) is 0 Å². The van der Waals surface area contributed by atoms with Gasteiger partial charge in [0.15, 0.2) is 11.5 Å². The first-order chi connectivity index (χ1) is 13.0. The van der Waals surface area contributed by atoms with E-state index in [9.17, 15) is 9.59 Å². The molecular formula is C22H21NO4. The Hall–Kier alpha value is -3.34. The number of amides is 1. The van der Waals surface area contributed by atoms with E-state index < -0.39 is 0 Å². The van der Waals surface area contributed by atoms with Crippen LogP contribution in [0.5, 0.6) is 5.75 Å². The normalized spacial score (nSPS) is 10.5. The zero-order chi connectivity index (χ0) is 19.4. The molecule has 3 aromatic rings. The summed E-state index contributed by atoms with van der Waals surface area (Å²) in [6.45, 7) is 1.93. The molecule has 0 aliphatic carbocycles. The van der Waals surface area contributed by atoms with Gasteiger partial charge in [-0.1, -0.05) is 42.5 Å². The predicted molar refractivity (Wildman–Crippen MR) is 103 cm³/mol. The Balaban J connectivity index is 1.75. The molecule has 5 nitrogen and oxygen atoms in total. The monoisotopic (exact) mass is 363 g/mol. The lowest BCUT2D eigenvalue weighted by atomic mass is 10.1. The molecule has 2 aromatic carbocycles. The molecule has 0 bridgehead atoms. The maximum Gasteiger partial charge on any atom is 0.289 e. The number of carbonyl (C=O) groups excluding carboxylic acids is 2. The summed E-state index contributed by atoms with van der Waals surface area (Å²) in [6, 6.07) is 18.1. The average molecular weight is 363 g/mol. The minimum Gasteiger partial charge on any atom is -0.496 e. The van der Waals surface area contributed by atoms with Gasteiger partial charge in [-0.15, -0.1) is 0 Å². The summed E-state index contributed by atoms with van der Waals surface area (Å²) in [7, 11) is 3.33. The second kappa shape index (κ2) is 7.91. The molecule has 138 valence electrons. The predicted octanol–water partition coefficient (Wildman–Crippen LogP) is 4.43. The fraction of sp³-hybridized carbons (Fsp3) is 0.182. The molecule has 0 atom stereocenters. The molecule has 1 amide bonds. The standard InChI is InChI=1S/C22H21NO4/c1-15(24)16-8-10-17(11-9-16)20-12-13-21(27-20)22(25)23(2)14-18-6-4-5-7-19(18)26-3/h4-13H,14H2,1-3H3. The van der Waals surface area contributed by atoms with E-state index in [2.05, 4.69) is 0 Å². The minimum atomic E-state index is -0.215. The van der Waals surface area contributed by atoms with Crippen molar-refractivity contribution in [1.29, 1.82) is 0 Å². The van der Waals surface area contributed by atoms with Crippen LogP contribution in [0.2, 0.25) is 0 Å². The number of nitrogens with zero attached hydrogens (tertiary/aromatic N) is 1. The molecule has 0 N–H and O–H groups in total. The van der Waals surface area contributed by atoms with Gasteiger partial charge in [-0.2, -0.15) is 0 Å². The second-order valence-corrected chi connectivity index (χ2v) is 6.27. The minimum absolute atomic E-state index is 0.00910. The smallest absolute Gasteiger partial charge is 0.289 e. The van der Waals surface area contributed by atoms with Gasteiger partial charge in [0.25, 0.3) is 5.91 Å². The Kier molecular flexibility index (Phi) is 5.41. The van der Waals surface area contributed by atoms with E-state index in [1.165, 1.54) is 6.92 Å². The number of para-hydroxylation sites is 1. The van der Waals surface area contributed by atoms with Crippen molar-refractivity contribution in [3.8, 4) is 17.1 Å². The molecule has 0 saturated heterocycles. The fourth-order valence-electron chi connectivity index (χ4n) is 2.83. The third kappa shape index (κ3) is 4.08. The topological polar surface area (TPSA) is 59.8 Å². The Labute approximate surface area is 158 Å². The molecule has 1 aromatic heterocycles. The third-order valence-electron chi connectivity index (χ3n) is 4.34. The highest BCUT2D eigenvalue weighted by Gasteiger charge is 2.18. The van der Waals surface area contributed by atoms with Gasteiger partial charge in [-0.25, -0.2) is 0 Å². The largest absolute Gasteiger partial charge is 0.496 e. The zero-order valence-corrected chi connectivity index (χ0v) is 15.6. The van der Waals surface area contributed by atoms with E-state index in [-0.39, 0.29) is 17.5 Å². The van der Waals surface area contributed by atoms with Gasteiger partial charge in [-0.05, 0) is 25.1 Å². The lowest BCUT2D eigenvalue weighted by Gasteiger charge is -2.17. The quantitative estimate of drug-likeness (QED) is 0.608. The molecule has 27 heavy (non-hydrogen) atoms. The number of hydrogen-bond donors (Lipinski definition) is 0. The average Bonchev–Trinajstić information content (AvgIpc) is 3.18. The van der Waals surface area contributed by atoms with Crippen molar-refractivity contribution in [3.63, 3.8) is 0 Å². The van der Waals surface area contributed by atoms with Gasteiger partial charge in [0.05, 0.1) is 7.11 Å². The second-order valence-electron chi connectivity index (χ2n) is 6.27. The summed E-state index contributed by atoms with van der Waals surface area (Å²) < 4.78 is 11.1. The van der Waals surface area contributed by atoms with Crippen LogP contribution in [0.1, 0.15) is 33.4 Å². The first-order valence-corrected chi connectivity index (χ1v) is 8.58. The fourth-order valence-corrected chi connectivity index (χ4v) is 2.83. The first-order valence-electron chi connectivity index (χ1n) is 8.58. The van der Waals surface area contributed by atoms with Crippen LogP contribution in [-0.4, -0.2) is 30.7 Å². The number of benzene rings is 2. The molecular weight excluding hydrogens is 342 g/mol. The highest BCUT2D eigenvalue weighted by Crippen LogP contribution is 2.24. The lowest BCUT2D eigenvalue weighted by molar-refractivity contribution is 0.0753. The summed E-state index contributed by atoms with van der Waals surface area (Å²) in [5.74, 6) is 1.38. The molecule has 0 unspecified atom stereocenters. The molecule has 0 radical (unpaired) electrons. The van der Waals surface area contributed by atoms with Crippen LogP contribution in [-0.2, 0) is 6.54 Å². The van der Waals surface area contributed by atoms with Crippen LogP contribution in [0.25, 0.3) is 11.3 Å². The summed E-state index contributed by atoms with van der Waals surface area (Å²) in [5.41, 5.74) is 2.37. The van der Waals surface area contributed by atoms with Gasteiger partial charge < -0.3 is 14.1 Å². The third-order valence-corrected chi connectivity index (χ3v) is 4.34. The van der Waals surface area contributed by atoms with E-state index in [1.807, 2.05) is 36.4 Å². The number of Topliss-reactive ketones (excluding diaryl/α,β-unsaturated/α-hetero) is 1. The maximum atomic E-state index is 12.7.